The lowest BCUT2D eigenvalue weighted by Crippen LogP contribution is -2.30. The van der Waals surface area contributed by atoms with Gasteiger partial charge in [-0.05, 0) is 30.4 Å². The quantitative estimate of drug-likeness (QED) is 0.687. The molecule has 0 spiro atoms. The van der Waals surface area contributed by atoms with E-state index in [9.17, 15) is 5.11 Å². The molecule has 0 aromatic carbocycles. The highest BCUT2D eigenvalue weighted by Crippen LogP contribution is 2.28. The van der Waals surface area contributed by atoms with E-state index in [2.05, 4.69) is 16.3 Å². The van der Waals surface area contributed by atoms with E-state index in [-0.39, 0.29) is 12.6 Å². The van der Waals surface area contributed by atoms with Crippen LogP contribution in [-0.2, 0) is 5.11 Å². The summed E-state index contributed by atoms with van der Waals surface area (Å²) in [6, 6.07) is 4.39. The zero-order valence-electron chi connectivity index (χ0n) is 6.90. The lowest BCUT2D eigenvalue weighted by molar-refractivity contribution is 0.174. The Bertz CT molecular complexity index is 235. The fourth-order valence-electron chi connectivity index (χ4n) is 1.73. The summed E-state index contributed by atoms with van der Waals surface area (Å²) in [6.07, 6.45) is 2.24. The Labute approximate surface area is 76.4 Å². The Morgan fingerprint density at radius 1 is 1.67 bits per heavy atom. The lowest BCUT2D eigenvalue weighted by atomic mass is 10.2. The van der Waals surface area contributed by atoms with Gasteiger partial charge in [0.2, 0.25) is 0 Å². The molecule has 1 aromatic rings. The zero-order chi connectivity index (χ0) is 8.39. The topological polar surface area (TPSA) is 23.1 Å². The lowest BCUT2D eigenvalue weighted by Gasteiger charge is -2.22. The van der Waals surface area contributed by atoms with Crippen LogP contribution in [0.5, 0.6) is 0 Å². The van der Waals surface area contributed by atoms with Crippen LogP contribution in [0.15, 0.2) is 17.5 Å². The molecule has 0 unspecified atom stereocenters. The standard InChI is InChI=1S/C9H12NOS/c11-7-8-3-1-5-10(8)9-4-2-6-12-9/h2,4,6,8H,1,3,5,7H2/t8-/m1/s1. The molecule has 2 rings (SSSR count). The minimum Gasteiger partial charge on any atom is -0.358 e. The molecule has 0 saturated carbocycles. The van der Waals surface area contributed by atoms with E-state index in [4.69, 9.17) is 0 Å². The van der Waals surface area contributed by atoms with Crippen molar-refractivity contribution in [1.29, 1.82) is 0 Å². The fraction of sp³-hybridized carbons (Fsp3) is 0.556. The minimum atomic E-state index is 0.0396. The van der Waals surface area contributed by atoms with Gasteiger partial charge < -0.3 is 4.90 Å². The monoisotopic (exact) mass is 182 g/mol. The molecule has 0 bridgehead atoms. The molecule has 1 aromatic heterocycles. The Morgan fingerprint density at radius 3 is 3.25 bits per heavy atom. The van der Waals surface area contributed by atoms with Crippen LogP contribution < -0.4 is 4.90 Å². The van der Waals surface area contributed by atoms with E-state index in [0.29, 0.717) is 0 Å². The molecule has 3 heteroatoms. The number of anilines is 1. The number of hydrogen-bond acceptors (Lipinski definition) is 2. The SMILES string of the molecule is [O]C[C@H]1CCCN1c1cccs1. The van der Waals surface area contributed by atoms with E-state index in [1.807, 2.05) is 6.07 Å². The van der Waals surface area contributed by atoms with Crippen LogP contribution in [0.4, 0.5) is 5.00 Å². The molecule has 1 aliphatic heterocycles. The van der Waals surface area contributed by atoms with Crippen LogP contribution in [0.25, 0.3) is 0 Å². The van der Waals surface area contributed by atoms with Crippen LogP contribution in [0.3, 0.4) is 0 Å². The average molecular weight is 182 g/mol. The molecule has 1 aliphatic rings. The van der Waals surface area contributed by atoms with Crippen LogP contribution in [-0.4, -0.2) is 19.2 Å². The Morgan fingerprint density at radius 2 is 2.58 bits per heavy atom. The molecular formula is C9H12NOS. The van der Waals surface area contributed by atoms with Crippen molar-refractivity contribution in [2.45, 2.75) is 18.9 Å². The molecule has 1 saturated heterocycles. The predicted octanol–water partition coefficient (Wildman–Crippen LogP) is 2.15. The predicted molar refractivity (Wildman–Crippen MR) is 50.2 cm³/mol. The summed E-state index contributed by atoms with van der Waals surface area (Å²) in [5, 5.41) is 14.1. The third-order valence-electron chi connectivity index (χ3n) is 2.36. The van der Waals surface area contributed by atoms with Gasteiger partial charge in [-0.1, -0.05) is 0 Å². The molecule has 2 heterocycles. The summed E-state index contributed by atoms with van der Waals surface area (Å²) >= 11 is 1.73. The van der Waals surface area contributed by atoms with Crippen molar-refractivity contribution in [2.75, 3.05) is 18.1 Å². The zero-order valence-corrected chi connectivity index (χ0v) is 7.72. The molecular weight excluding hydrogens is 170 g/mol. The molecule has 0 aliphatic carbocycles. The van der Waals surface area contributed by atoms with Crippen LogP contribution in [0.1, 0.15) is 12.8 Å². The van der Waals surface area contributed by atoms with Gasteiger partial charge in [0.25, 0.3) is 0 Å². The maximum atomic E-state index is 10.8. The van der Waals surface area contributed by atoms with Crippen molar-refractivity contribution in [3.05, 3.63) is 17.5 Å². The fourth-order valence-corrected chi connectivity index (χ4v) is 2.56. The first-order chi connectivity index (χ1) is 5.92. The Balaban J connectivity index is 2.13. The molecule has 1 atom stereocenters. The summed E-state index contributed by atoms with van der Waals surface area (Å²) in [6.45, 7) is 1.10. The minimum absolute atomic E-state index is 0.0396. The van der Waals surface area contributed by atoms with Crippen molar-refractivity contribution >= 4 is 16.3 Å². The molecule has 65 valence electrons. The van der Waals surface area contributed by atoms with Crippen molar-refractivity contribution in [1.82, 2.24) is 0 Å². The second kappa shape index (κ2) is 3.46. The maximum Gasteiger partial charge on any atom is 0.103 e. The average Bonchev–Trinajstić information content (AvgIpc) is 2.74. The van der Waals surface area contributed by atoms with Gasteiger partial charge in [0.1, 0.15) is 6.61 Å². The van der Waals surface area contributed by atoms with Crippen molar-refractivity contribution in [2.24, 2.45) is 0 Å². The van der Waals surface area contributed by atoms with E-state index in [1.54, 1.807) is 11.3 Å². The first-order valence-electron chi connectivity index (χ1n) is 4.30. The highest BCUT2D eigenvalue weighted by atomic mass is 32.1. The van der Waals surface area contributed by atoms with Gasteiger partial charge >= 0.3 is 0 Å². The molecule has 2 nitrogen and oxygen atoms in total. The number of nitrogens with zero attached hydrogens (tertiary/aromatic N) is 1. The Hall–Kier alpha value is -0.540. The molecule has 1 radical (unpaired) electrons. The molecule has 0 N–H and O–H groups in total. The van der Waals surface area contributed by atoms with Crippen molar-refractivity contribution < 1.29 is 5.11 Å². The van der Waals surface area contributed by atoms with Gasteiger partial charge in [-0.25, -0.2) is 5.11 Å². The number of hydrogen-bond donors (Lipinski definition) is 0. The molecule has 12 heavy (non-hydrogen) atoms. The van der Waals surface area contributed by atoms with Gasteiger partial charge in [0, 0.05) is 6.54 Å². The first-order valence-corrected chi connectivity index (χ1v) is 5.18. The van der Waals surface area contributed by atoms with Crippen LogP contribution in [0.2, 0.25) is 0 Å². The van der Waals surface area contributed by atoms with Crippen LogP contribution in [0, 0.1) is 0 Å². The summed E-state index contributed by atoms with van der Waals surface area (Å²) in [5.74, 6) is 0. The van der Waals surface area contributed by atoms with Gasteiger partial charge in [0.15, 0.2) is 0 Å². The van der Waals surface area contributed by atoms with Gasteiger partial charge in [-0.3, -0.25) is 0 Å². The van der Waals surface area contributed by atoms with E-state index < -0.39 is 0 Å². The second-order valence-corrected chi connectivity index (χ2v) is 4.03. The number of thiophene rings is 1. The van der Waals surface area contributed by atoms with Crippen LogP contribution >= 0.6 is 11.3 Å². The smallest absolute Gasteiger partial charge is 0.103 e. The van der Waals surface area contributed by atoms with Gasteiger partial charge in [-0.15, -0.1) is 11.3 Å². The highest BCUT2D eigenvalue weighted by Gasteiger charge is 2.24. The normalized spacial score (nSPS) is 23.4. The van der Waals surface area contributed by atoms with Gasteiger partial charge in [0.05, 0.1) is 11.0 Å². The Kier molecular flexibility index (Phi) is 2.33. The maximum absolute atomic E-state index is 10.8. The largest absolute Gasteiger partial charge is 0.358 e. The molecule has 0 amide bonds. The van der Waals surface area contributed by atoms with Gasteiger partial charge in [-0.2, -0.15) is 0 Å². The molecule has 1 fully saturated rings. The summed E-state index contributed by atoms with van der Waals surface area (Å²) in [4.78, 5) is 2.25. The van der Waals surface area contributed by atoms with E-state index in [1.165, 1.54) is 11.4 Å². The number of rotatable bonds is 2. The second-order valence-electron chi connectivity index (χ2n) is 3.11. The highest BCUT2D eigenvalue weighted by molar-refractivity contribution is 7.14. The summed E-state index contributed by atoms with van der Waals surface area (Å²) < 4.78 is 0. The van der Waals surface area contributed by atoms with E-state index >= 15 is 0 Å². The first kappa shape index (κ1) is 8.08. The summed E-state index contributed by atoms with van der Waals surface area (Å²) in [5.41, 5.74) is 0. The third-order valence-corrected chi connectivity index (χ3v) is 3.26. The van der Waals surface area contributed by atoms with Crippen molar-refractivity contribution in [3.63, 3.8) is 0 Å². The van der Waals surface area contributed by atoms with Crippen molar-refractivity contribution in [3.8, 4) is 0 Å². The third kappa shape index (κ3) is 1.34. The summed E-state index contributed by atoms with van der Waals surface area (Å²) in [7, 11) is 0. The van der Waals surface area contributed by atoms with E-state index in [0.717, 1.165) is 13.0 Å².